The summed E-state index contributed by atoms with van der Waals surface area (Å²) < 4.78 is 41.2. The van der Waals surface area contributed by atoms with Crippen LogP contribution in [0.1, 0.15) is 54.4 Å². The predicted molar refractivity (Wildman–Crippen MR) is 230 cm³/mol. The molecule has 5 aromatic rings. The lowest BCUT2D eigenvalue weighted by Crippen LogP contribution is -2.47. The normalized spacial score (nSPS) is 16.9. The van der Waals surface area contributed by atoms with Crippen molar-refractivity contribution in [2.45, 2.75) is 43.4 Å². The molecule has 0 unspecified atom stereocenters. The van der Waals surface area contributed by atoms with E-state index >= 15 is 0 Å². The number of allylic oxidation sites excluding steroid dienone is 1. The molecule has 2 saturated heterocycles. The number of nitrogens with one attached hydrogen (secondary N) is 3. The molecular weight excluding hydrogens is 792 g/mol. The molecule has 8 rings (SSSR count). The third-order valence-electron chi connectivity index (χ3n) is 11.5. The first-order valence-electron chi connectivity index (χ1n) is 20.1. The monoisotopic (exact) mass is 838 g/mol. The highest BCUT2D eigenvalue weighted by Gasteiger charge is 2.28. The summed E-state index contributed by atoms with van der Waals surface area (Å²) in [6.07, 6.45) is 8.00. The second-order valence-corrected chi connectivity index (χ2v) is 17.5. The fourth-order valence-electron chi connectivity index (χ4n) is 8.20. The number of sulfonamides is 1. The van der Waals surface area contributed by atoms with Gasteiger partial charge in [0, 0.05) is 92.4 Å². The van der Waals surface area contributed by atoms with E-state index in [0.29, 0.717) is 25.5 Å². The minimum Gasteiger partial charge on any atom is -0.456 e. The summed E-state index contributed by atoms with van der Waals surface area (Å²) in [6.45, 7) is 5.84. The molecule has 3 aliphatic rings. The Balaban J connectivity index is 1.000. The van der Waals surface area contributed by atoms with Crippen molar-refractivity contribution in [2.75, 3.05) is 62.7 Å². The van der Waals surface area contributed by atoms with Gasteiger partial charge in [0.2, 0.25) is 0 Å². The van der Waals surface area contributed by atoms with E-state index in [9.17, 15) is 23.3 Å². The maximum Gasteiger partial charge on any atom is 0.293 e. The summed E-state index contributed by atoms with van der Waals surface area (Å²) >= 11 is 6.19. The molecule has 3 N–H and O–H groups in total. The van der Waals surface area contributed by atoms with Gasteiger partial charge in [0.15, 0.2) is 0 Å². The largest absolute Gasteiger partial charge is 0.456 e. The Morgan fingerprint density at radius 3 is 2.49 bits per heavy atom. The Morgan fingerprint density at radius 1 is 0.932 bits per heavy atom. The molecule has 15 heteroatoms. The van der Waals surface area contributed by atoms with E-state index in [0.717, 1.165) is 86.1 Å². The molecule has 0 saturated carbocycles. The van der Waals surface area contributed by atoms with Crippen molar-refractivity contribution in [3.8, 4) is 11.5 Å². The maximum atomic E-state index is 13.9. The number of ether oxygens (including phenoxy) is 2. The van der Waals surface area contributed by atoms with Gasteiger partial charge in [0.25, 0.3) is 21.6 Å². The molecule has 59 heavy (non-hydrogen) atoms. The van der Waals surface area contributed by atoms with Gasteiger partial charge in [-0.1, -0.05) is 29.3 Å². The molecule has 0 atom stereocenters. The average molecular weight is 839 g/mol. The Morgan fingerprint density at radius 2 is 1.71 bits per heavy atom. The number of halogens is 1. The fourth-order valence-corrected chi connectivity index (χ4v) is 9.31. The lowest BCUT2D eigenvalue weighted by atomic mass is 9.87. The molecule has 2 aliphatic heterocycles. The smallest absolute Gasteiger partial charge is 0.293 e. The lowest BCUT2D eigenvalue weighted by Gasteiger charge is -2.37. The number of amides is 1. The van der Waals surface area contributed by atoms with Crippen molar-refractivity contribution in [1.29, 1.82) is 0 Å². The first-order chi connectivity index (χ1) is 28.6. The van der Waals surface area contributed by atoms with Crippen LogP contribution in [0.3, 0.4) is 0 Å². The van der Waals surface area contributed by atoms with Crippen molar-refractivity contribution in [2.24, 2.45) is 5.92 Å². The van der Waals surface area contributed by atoms with Crippen molar-refractivity contribution >= 4 is 61.1 Å². The second kappa shape index (κ2) is 17.8. The molecule has 1 aliphatic carbocycles. The first kappa shape index (κ1) is 40.4. The van der Waals surface area contributed by atoms with E-state index in [2.05, 4.69) is 37.0 Å². The van der Waals surface area contributed by atoms with E-state index in [1.165, 1.54) is 41.7 Å². The summed E-state index contributed by atoms with van der Waals surface area (Å²) in [5.74, 6) is -0.0122. The van der Waals surface area contributed by atoms with Gasteiger partial charge in [-0.25, -0.2) is 13.1 Å². The van der Waals surface area contributed by atoms with Gasteiger partial charge in [-0.15, -0.1) is 0 Å². The van der Waals surface area contributed by atoms with E-state index in [4.69, 9.17) is 21.1 Å². The minimum atomic E-state index is -4.53. The van der Waals surface area contributed by atoms with Gasteiger partial charge in [-0.2, -0.15) is 0 Å². The third kappa shape index (κ3) is 9.57. The number of H-pyrrole nitrogens is 1. The Labute approximate surface area is 348 Å². The van der Waals surface area contributed by atoms with Crippen LogP contribution < -0.4 is 19.7 Å². The van der Waals surface area contributed by atoms with Crippen LogP contribution in [0.5, 0.6) is 11.5 Å². The summed E-state index contributed by atoms with van der Waals surface area (Å²) in [4.78, 5) is 32.8. The number of piperazine rings is 1. The zero-order valence-electron chi connectivity index (χ0n) is 32.6. The number of anilines is 2. The van der Waals surface area contributed by atoms with E-state index in [1.54, 1.807) is 24.3 Å². The first-order valence-corrected chi connectivity index (χ1v) is 22.0. The van der Waals surface area contributed by atoms with Crippen LogP contribution in [-0.4, -0.2) is 81.6 Å². The van der Waals surface area contributed by atoms with Crippen LogP contribution >= 0.6 is 11.6 Å². The number of benzene rings is 4. The highest BCUT2D eigenvalue weighted by Crippen LogP contribution is 2.36. The van der Waals surface area contributed by atoms with Gasteiger partial charge >= 0.3 is 0 Å². The van der Waals surface area contributed by atoms with Gasteiger partial charge in [0.05, 0.1) is 15.4 Å². The zero-order valence-corrected chi connectivity index (χ0v) is 34.2. The minimum absolute atomic E-state index is 0.00617. The third-order valence-corrected chi connectivity index (χ3v) is 13.1. The van der Waals surface area contributed by atoms with E-state index in [-0.39, 0.29) is 22.9 Å². The van der Waals surface area contributed by atoms with Crippen LogP contribution in [0.4, 0.5) is 17.1 Å². The Kier molecular flexibility index (Phi) is 12.2. The average Bonchev–Trinajstić information content (AvgIpc) is 3.72. The quantitative estimate of drug-likeness (QED) is 0.0774. The number of rotatable bonds is 13. The molecule has 308 valence electrons. The zero-order chi connectivity index (χ0) is 40.9. The number of hydrogen-bond acceptors (Lipinski definition) is 10. The molecule has 0 radical (unpaired) electrons. The molecular formula is C44H47ClN6O7S. The van der Waals surface area contributed by atoms with Crippen LogP contribution in [0.2, 0.25) is 5.02 Å². The number of nitro benzene ring substituents is 1. The van der Waals surface area contributed by atoms with Crippen molar-refractivity contribution in [3.05, 3.63) is 123 Å². The van der Waals surface area contributed by atoms with Gasteiger partial charge in [-0.3, -0.25) is 19.8 Å². The summed E-state index contributed by atoms with van der Waals surface area (Å²) in [6, 6.07) is 24.3. The van der Waals surface area contributed by atoms with Crippen LogP contribution in [0, 0.1) is 16.0 Å². The highest BCUT2D eigenvalue weighted by atomic mass is 35.5. The molecule has 2 fully saturated rings. The number of nitro groups is 1. The number of carbonyl (C=O) groups is 1. The standard InChI is InChI=1S/C44H47ClN6O7S/c45-34-7-5-31(6-8-34)38-4-2-1-3-33(38)29-49-19-21-50(22-20-49)35-9-12-39(43(26-35)58-36-10-13-40-32(25-36)15-18-46-40)44(52)48-59(55,56)37-11-14-41(42(27-37)51(53)54)47-28-30-16-23-57-24-17-30/h5-15,18,25-27,30,46-47H,1-4,16-17,19-24,28-29H2,(H,48,52). The number of nitrogens with zero attached hydrogens (tertiary/aromatic N) is 3. The SMILES string of the molecule is O=C(NS(=O)(=O)c1ccc(NCC2CCOCC2)c([N+](=O)[O-])c1)c1ccc(N2CCN(CC3=C(c4ccc(Cl)cc4)CCCC3)CC2)cc1Oc1ccc2[nH]ccc2c1. The second-order valence-electron chi connectivity index (χ2n) is 15.4. The van der Waals surface area contributed by atoms with Crippen LogP contribution in [-0.2, 0) is 14.8 Å². The van der Waals surface area contributed by atoms with E-state index in [1.807, 2.05) is 36.5 Å². The lowest BCUT2D eigenvalue weighted by molar-refractivity contribution is -0.384. The summed E-state index contributed by atoms with van der Waals surface area (Å²) in [5, 5.41) is 16.8. The topological polar surface area (TPSA) is 159 Å². The summed E-state index contributed by atoms with van der Waals surface area (Å²) in [5.41, 5.74) is 5.70. The van der Waals surface area contributed by atoms with Crippen LogP contribution in [0.15, 0.2) is 102 Å². The maximum absolute atomic E-state index is 13.9. The van der Waals surface area contributed by atoms with E-state index < -0.39 is 31.4 Å². The van der Waals surface area contributed by atoms with Crippen molar-refractivity contribution in [1.82, 2.24) is 14.6 Å². The predicted octanol–water partition coefficient (Wildman–Crippen LogP) is 8.63. The van der Waals surface area contributed by atoms with Gasteiger partial charge < -0.3 is 24.7 Å². The van der Waals surface area contributed by atoms with Gasteiger partial charge in [0.1, 0.15) is 17.2 Å². The molecule has 1 amide bonds. The highest BCUT2D eigenvalue weighted by molar-refractivity contribution is 7.90. The molecule has 0 bridgehead atoms. The summed E-state index contributed by atoms with van der Waals surface area (Å²) in [7, 11) is -4.53. The Bertz CT molecular complexity index is 2470. The number of carbonyl (C=O) groups excluding carboxylic acids is 1. The molecule has 3 heterocycles. The molecule has 4 aromatic carbocycles. The number of fused-ring (bicyclic) bond motifs is 1. The fraction of sp³-hybridized carbons (Fsp3) is 0.341. The molecule has 0 spiro atoms. The number of hydrogen-bond donors (Lipinski definition) is 3. The number of aromatic amines is 1. The number of aromatic nitrogens is 1. The van der Waals surface area contributed by atoms with Crippen molar-refractivity contribution in [3.63, 3.8) is 0 Å². The van der Waals surface area contributed by atoms with Gasteiger partial charge in [-0.05, 0) is 116 Å². The van der Waals surface area contributed by atoms with Crippen LogP contribution in [0.25, 0.3) is 16.5 Å². The van der Waals surface area contributed by atoms with Crippen molar-refractivity contribution < 1.29 is 27.6 Å². The Hall–Kier alpha value is -5.41. The molecule has 13 nitrogen and oxygen atoms in total. The molecule has 1 aromatic heterocycles.